The Labute approximate surface area is 312 Å². The van der Waals surface area contributed by atoms with Gasteiger partial charge in [0.2, 0.25) is 11.0 Å². The zero-order valence-corrected chi connectivity index (χ0v) is 30.3. The van der Waals surface area contributed by atoms with Gasteiger partial charge in [-0.2, -0.15) is 21.6 Å². The van der Waals surface area contributed by atoms with E-state index in [2.05, 4.69) is 0 Å². The van der Waals surface area contributed by atoms with E-state index in [1.165, 1.54) is 21.9 Å². The van der Waals surface area contributed by atoms with Gasteiger partial charge in [0.1, 0.15) is 35.0 Å². The van der Waals surface area contributed by atoms with Crippen LogP contribution >= 0.6 is 23.1 Å². The number of allylic oxidation sites excluding steroid dienone is 1. The molecule has 0 bridgehead atoms. The molecule has 0 spiro atoms. The van der Waals surface area contributed by atoms with E-state index in [4.69, 9.17) is 9.52 Å². The molecule has 1 aromatic carbocycles. The number of hydrogen-bond acceptors (Lipinski definition) is 14. The molecule has 1 fully saturated rings. The molecule has 2 amide bonds. The number of nitrogens with zero attached hydrogens (tertiary/aromatic N) is 5. The van der Waals surface area contributed by atoms with E-state index >= 15 is 0 Å². The van der Waals surface area contributed by atoms with E-state index in [0.717, 1.165) is 18.2 Å². The summed E-state index contributed by atoms with van der Waals surface area (Å²) in [5.41, 5.74) is -4.66. The molecule has 294 valence electrons. The van der Waals surface area contributed by atoms with E-state index in [-0.39, 0.29) is 53.0 Å². The molecule has 2 aliphatic heterocycles. The van der Waals surface area contributed by atoms with Crippen molar-refractivity contribution in [2.75, 3.05) is 35.2 Å². The number of thiazole rings is 1. The first-order valence-corrected chi connectivity index (χ1v) is 18.7. The van der Waals surface area contributed by atoms with Gasteiger partial charge in [-0.3, -0.25) is 52.1 Å². The summed E-state index contributed by atoms with van der Waals surface area (Å²) in [4.78, 5) is 89.9. The maximum atomic E-state index is 13.7. The Morgan fingerprint density at radius 2 is 1.51 bits per heavy atom. The number of carbonyl (C=O) groups excluding carboxylic acids is 2. The normalized spacial score (nSPS) is 17.5. The first kappa shape index (κ1) is 40.5. The predicted molar refractivity (Wildman–Crippen MR) is 185 cm³/mol. The van der Waals surface area contributed by atoms with Crippen molar-refractivity contribution in [3.8, 4) is 0 Å². The molecule has 4 N–H and O–H groups in total. The van der Waals surface area contributed by atoms with Crippen LogP contribution in [-0.4, -0.2) is 96.8 Å². The topological polar surface area (TPSA) is 267 Å². The molecule has 19 nitrogen and oxygen atoms in total. The quantitative estimate of drug-likeness (QED) is 0.178. The van der Waals surface area contributed by atoms with E-state index in [0.29, 0.717) is 25.4 Å². The van der Waals surface area contributed by atoms with Crippen LogP contribution in [0.4, 0.5) is 29.3 Å². The monoisotopic (exact) mass is 833 g/mol. The Hall–Kier alpha value is -5.66. The Kier molecular flexibility index (Phi) is 11.2. The molecule has 5 rings (SSSR count). The SMILES string of the molecule is CCN1/C(=C/C=c2\s/c(=c3/o/c(=C4/SC(=O)N(CC(=O)O)C4=O)n(CC(=O)O)c3=O)n(CC(=O)O)c2=O)N(CCCS(=O)(=O)O)c2cc(C(F)(F)F)ccc21. The maximum Gasteiger partial charge on any atom is 0.416 e. The number of aromatic nitrogens is 2. The summed E-state index contributed by atoms with van der Waals surface area (Å²) >= 11 is 0.611. The molecular weight excluding hydrogens is 808 g/mol. The summed E-state index contributed by atoms with van der Waals surface area (Å²) in [7, 11) is -4.46. The Balaban J connectivity index is 1.78. The molecule has 25 heteroatoms. The highest BCUT2D eigenvalue weighted by Crippen LogP contribution is 2.44. The van der Waals surface area contributed by atoms with Crippen molar-refractivity contribution in [1.82, 2.24) is 14.0 Å². The molecule has 0 saturated carbocycles. The van der Waals surface area contributed by atoms with Gasteiger partial charge < -0.3 is 29.5 Å². The number of halogens is 3. The number of alkyl halides is 3. The van der Waals surface area contributed by atoms with Crippen LogP contribution in [0.2, 0.25) is 0 Å². The average Bonchev–Trinajstić information content (AvgIpc) is 3.74. The molecule has 0 atom stereocenters. The van der Waals surface area contributed by atoms with Gasteiger partial charge in [0.05, 0.1) is 27.2 Å². The minimum absolute atomic E-state index is 0.0150. The number of carboxylic acids is 3. The lowest BCUT2D eigenvalue weighted by molar-refractivity contribution is -0.140. The number of benzene rings is 1. The third kappa shape index (κ3) is 8.37. The van der Waals surface area contributed by atoms with Crippen LogP contribution in [-0.2, 0) is 48.6 Å². The highest BCUT2D eigenvalue weighted by atomic mass is 32.2. The summed E-state index contributed by atoms with van der Waals surface area (Å²) in [6.07, 6.45) is -2.58. The fraction of sp³-hybridized carbons (Fsp3) is 0.300. The third-order valence-electron chi connectivity index (χ3n) is 7.83. The molecule has 4 heterocycles. The number of anilines is 2. The van der Waals surface area contributed by atoms with Crippen LogP contribution in [0.15, 0.2) is 44.1 Å². The number of hydrogen-bond donors (Lipinski definition) is 4. The van der Waals surface area contributed by atoms with E-state index in [1.807, 2.05) is 0 Å². The van der Waals surface area contributed by atoms with Gasteiger partial charge in [-0.05, 0) is 55.5 Å². The van der Waals surface area contributed by atoms with Crippen molar-refractivity contribution < 1.29 is 69.9 Å². The minimum Gasteiger partial charge on any atom is -0.480 e. The summed E-state index contributed by atoms with van der Waals surface area (Å²) < 4.78 is 79.0. The molecular formula is C30H26F3N5O14S3. The zero-order valence-electron chi connectivity index (χ0n) is 27.8. The van der Waals surface area contributed by atoms with Gasteiger partial charge in [0.25, 0.3) is 32.4 Å². The first-order valence-electron chi connectivity index (χ1n) is 15.4. The van der Waals surface area contributed by atoms with Crippen LogP contribution in [0.5, 0.6) is 0 Å². The van der Waals surface area contributed by atoms with Crippen LogP contribution in [0, 0.1) is 10.1 Å². The number of carboxylic acid groups (broad SMARTS) is 3. The number of imide groups is 1. The highest BCUT2D eigenvalue weighted by molar-refractivity contribution is 8.22. The third-order valence-corrected chi connectivity index (χ3v) is 10.7. The van der Waals surface area contributed by atoms with Crippen LogP contribution in [0.3, 0.4) is 0 Å². The van der Waals surface area contributed by atoms with Gasteiger partial charge in [-0.1, -0.05) is 0 Å². The summed E-state index contributed by atoms with van der Waals surface area (Å²) in [6, 6.07) is 2.87. The Morgan fingerprint density at radius 3 is 2.09 bits per heavy atom. The zero-order chi connectivity index (χ0) is 40.7. The Morgan fingerprint density at radius 1 is 0.873 bits per heavy atom. The molecule has 0 unspecified atom stereocenters. The second kappa shape index (κ2) is 15.2. The van der Waals surface area contributed by atoms with Gasteiger partial charge >= 0.3 is 24.1 Å². The summed E-state index contributed by atoms with van der Waals surface area (Å²) in [6.45, 7) is -1.75. The van der Waals surface area contributed by atoms with Crippen molar-refractivity contribution in [2.45, 2.75) is 32.6 Å². The number of fused-ring (bicyclic) bond motifs is 1. The van der Waals surface area contributed by atoms with Crippen molar-refractivity contribution in [1.29, 1.82) is 0 Å². The molecule has 0 aliphatic carbocycles. The minimum atomic E-state index is -4.75. The van der Waals surface area contributed by atoms with Crippen LogP contribution in [0.1, 0.15) is 18.9 Å². The molecule has 55 heavy (non-hydrogen) atoms. The summed E-state index contributed by atoms with van der Waals surface area (Å²) in [5.74, 6) is -6.63. The molecule has 2 aliphatic rings. The number of carbonyl (C=O) groups is 5. The van der Waals surface area contributed by atoms with Crippen molar-refractivity contribution in [2.24, 2.45) is 0 Å². The van der Waals surface area contributed by atoms with E-state index in [9.17, 15) is 69.9 Å². The number of oxazole rings is 1. The number of aliphatic carboxylic acids is 3. The molecule has 3 aromatic rings. The second-order valence-corrected chi connectivity index (χ2v) is 15.1. The molecule has 0 radical (unpaired) electrons. The van der Waals surface area contributed by atoms with Gasteiger partial charge in [0.15, 0.2) is 0 Å². The number of rotatable bonds is 12. The molecule has 1 saturated heterocycles. The molecule has 2 aromatic heterocycles. The predicted octanol–water partition coefficient (Wildman–Crippen LogP) is 0.274. The highest BCUT2D eigenvalue weighted by Gasteiger charge is 2.39. The number of thioether (sulfide) groups is 1. The van der Waals surface area contributed by atoms with E-state index in [1.54, 1.807) is 6.92 Å². The second-order valence-electron chi connectivity index (χ2n) is 11.5. The summed E-state index contributed by atoms with van der Waals surface area (Å²) in [5, 5.41) is 27.1. The lowest BCUT2D eigenvalue weighted by Crippen LogP contribution is -2.36. The van der Waals surface area contributed by atoms with Crippen LogP contribution < -0.4 is 31.0 Å². The first-order chi connectivity index (χ1) is 25.6. The van der Waals surface area contributed by atoms with Crippen molar-refractivity contribution in [3.05, 3.63) is 76.5 Å². The standard InChI is InChI=1S/C30H26F3N5O14S3/c1-2-34-15-5-4-14(30(31,32)33)10-16(15)35(8-3-9-55(49,50)51)18(34)7-6-17-24(45)37(12-20(41)42)28(53-17)22-25(46)36(11-19(39)40)27(52-22)23-26(47)38(13-21(43)44)29(48)54-23/h4-7,10H,2-3,8-9,11-13H2,1H3,(H,39,40)(H,41,42)(H,43,44)(H,49,50,51)/b17-6-,18-7-,27-23+,28-22+. The van der Waals surface area contributed by atoms with Gasteiger partial charge in [-0.15, -0.1) is 11.3 Å². The van der Waals surface area contributed by atoms with E-state index < -0.39 is 108 Å². The average molecular weight is 834 g/mol. The van der Waals surface area contributed by atoms with Crippen molar-refractivity contribution in [3.63, 3.8) is 0 Å². The lowest BCUT2D eigenvalue weighted by atomic mass is 10.1. The van der Waals surface area contributed by atoms with Gasteiger partial charge in [0, 0.05) is 13.1 Å². The smallest absolute Gasteiger partial charge is 0.416 e. The Bertz CT molecular complexity index is 2640. The maximum absolute atomic E-state index is 13.7. The number of amides is 2. The fourth-order valence-electron chi connectivity index (χ4n) is 5.61. The van der Waals surface area contributed by atoms with Crippen LogP contribution in [0.25, 0.3) is 11.0 Å². The van der Waals surface area contributed by atoms with Gasteiger partial charge in [-0.25, -0.2) is 0 Å². The fourth-order valence-corrected chi connectivity index (χ4v) is 8.00. The largest absolute Gasteiger partial charge is 0.480 e. The lowest BCUT2D eigenvalue weighted by Gasteiger charge is -2.24. The van der Waals surface area contributed by atoms with Crippen molar-refractivity contribution >= 4 is 84.6 Å².